The lowest BCUT2D eigenvalue weighted by Crippen LogP contribution is -2.01. The van der Waals surface area contributed by atoms with E-state index in [4.69, 9.17) is 5.73 Å². The zero-order valence-corrected chi connectivity index (χ0v) is 11.5. The highest BCUT2D eigenvalue weighted by Gasteiger charge is 2.05. The molecule has 2 aromatic rings. The van der Waals surface area contributed by atoms with E-state index in [-0.39, 0.29) is 0 Å². The van der Waals surface area contributed by atoms with E-state index in [1.54, 1.807) is 11.1 Å². The van der Waals surface area contributed by atoms with E-state index in [0.717, 1.165) is 13.0 Å². The smallest absolute Gasteiger partial charge is 0.00367 e. The molecule has 0 radical (unpaired) electrons. The summed E-state index contributed by atoms with van der Waals surface area (Å²) in [6.45, 7) is 0.740. The normalized spacial score (nSPS) is 13.1. The van der Waals surface area contributed by atoms with Gasteiger partial charge in [-0.05, 0) is 55.3 Å². The first kappa shape index (κ1) is 13.8. The van der Waals surface area contributed by atoms with Gasteiger partial charge in [0.2, 0.25) is 0 Å². The Bertz CT molecular complexity index is 451. The van der Waals surface area contributed by atoms with E-state index >= 15 is 0 Å². The van der Waals surface area contributed by atoms with Gasteiger partial charge < -0.3 is 5.73 Å². The summed E-state index contributed by atoms with van der Waals surface area (Å²) in [6.07, 6.45) is 6.36. The summed E-state index contributed by atoms with van der Waals surface area (Å²) >= 11 is 0. The molecule has 1 heteroatoms. The molecule has 1 aliphatic rings. The van der Waals surface area contributed by atoms with E-state index in [1.165, 1.54) is 31.2 Å². The van der Waals surface area contributed by atoms with Gasteiger partial charge in [0.25, 0.3) is 0 Å². The lowest BCUT2D eigenvalue weighted by atomic mass is 9.92. The summed E-state index contributed by atoms with van der Waals surface area (Å²) in [7, 11) is 0. The predicted octanol–water partition coefficient (Wildman–Crippen LogP) is 3.75. The molecule has 0 fully saturated rings. The molecule has 0 saturated heterocycles. The molecule has 0 unspecified atom stereocenters. The molecule has 2 aromatic carbocycles. The molecule has 0 saturated carbocycles. The maximum Gasteiger partial charge on any atom is -0.00367 e. The molecule has 0 atom stereocenters. The van der Waals surface area contributed by atoms with Crippen molar-refractivity contribution >= 4 is 0 Å². The van der Waals surface area contributed by atoms with Crippen molar-refractivity contribution in [3.05, 3.63) is 71.3 Å². The molecular formula is C18H23N. The Labute approximate surface area is 116 Å². The molecule has 0 aliphatic heterocycles. The standard InChI is InChI=1S/C10H12.C8H11N/c1-2-6-10-8-4-3-7-9(10)5-1;9-7-6-8-4-2-1-3-5-8/h1-2,5-6H,3-4,7-8H2;1-5H,6-7,9H2. The van der Waals surface area contributed by atoms with Crippen LogP contribution >= 0.6 is 0 Å². The second kappa shape index (κ2) is 7.75. The second-order valence-corrected chi connectivity index (χ2v) is 5.00. The molecule has 2 N–H and O–H groups in total. The van der Waals surface area contributed by atoms with Crippen LogP contribution in [-0.2, 0) is 19.3 Å². The van der Waals surface area contributed by atoms with Gasteiger partial charge in [0.1, 0.15) is 0 Å². The quantitative estimate of drug-likeness (QED) is 0.866. The van der Waals surface area contributed by atoms with Gasteiger partial charge in [0, 0.05) is 0 Å². The van der Waals surface area contributed by atoms with Gasteiger partial charge in [-0.25, -0.2) is 0 Å². The molecule has 0 bridgehead atoms. The van der Waals surface area contributed by atoms with Gasteiger partial charge >= 0.3 is 0 Å². The van der Waals surface area contributed by atoms with Crippen molar-refractivity contribution in [3.63, 3.8) is 0 Å². The molecule has 1 nitrogen and oxygen atoms in total. The Kier molecular flexibility index (Phi) is 5.64. The average molecular weight is 253 g/mol. The first-order valence-corrected chi connectivity index (χ1v) is 7.21. The second-order valence-electron chi connectivity index (χ2n) is 5.00. The average Bonchev–Trinajstić information content (AvgIpc) is 2.50. The number of hydrogen-bond acceptors (Lipinski definition) is 1. The number of nitrogens with two attached hydrogens (primary N) is 1. The first-order valence-electron chi connectivity index (χ1n) is 7.21. The highest BCUT2D eigenvalue weighted by atomic mass is 14.5. The van der Waals surface area contributed by atoms with E-state index in [9.17, 15) is 0 Å². The fraction of sp³-hybridized carbons (Fsp3) is 0.333. The maximum atomic E-state index is 5.36. The van der Waals surface area contributed by atoms with Gasteiger partial charge in [-0.1, -0.05) is 54.6 Å². The highest BCUT2D eigenvalue weighted by molar-refractivity contribution is 5.28. The fourth-order valence-electron chi connectivity index (χ4n) is 2.49. The summed E-state index contributed by atoms with van der Waals surface area (Å²) in [6, 6.07) is 19.1. The minimum atomic E-state index is 0.740. The number of rotatable bonds is 2. The Morgan fingerprint density at radius 3 is 1.79 bits per heavy atom. The fourth-order valence-corrected chi connectivity index (χ4v) is 2.49. The van der Waals surface area contributed by atoms with Gasteiger partial charge in [0.15, 0.2) is 0 Å². The van der Waals surface area contributed by atoms with Gasteiger partial charge in [0.05, 0.1) is 0 Å². The molecule has 3 rings (SSSR count). The van der Waals surface area contributed by atoms with Crippen molar-refractivity contribution in [2.24, 2.45) is 5.73 Å². The number of benzene rings is 2. The zero-order chi connectivity index (χ0) is 13.3. The Balaban J connectivity index is 0.000000141. The minimum Gasteiger partial charge on any atom is -0.330 e. The topological polar surface area (TPSA) is 26.0 Å². The Morgan fingerprint density at radius 1 is 0.737 bits per heavy atom. The molecule has 0 spiro atoms. The molecule has 100 valence electrons. The van der Waals surface area contributed by atoms with E-state index in [2.05, 4.69) is 36.4 Å². The largest absolute Gasteiger partial charge is 0.330 e. The van der Waals surface area contributed by atoms with Gasteiger partial charge in [-0.2, -0.15) is 0 Å². The van der Waals surface area contributed by atoms with Crippen LogP contribution in [0.3, 0.4) is 0 Å². The zero-order valence-electron chi connectivity index (χ0n) is 11.5. The third kappa shape index (κ3) is 4.53. The molecule has 0 heterocycles. The van der Waals surface area contributed by atoms with Crippen molar-refractivity contribution in [1.29, 1.82) is 0 Å². The van der Waals surface area contributed by atoms with E-state index in [1.807, 2.05) is 18.2 Å². The van der Waals surface area contributed by atoms with Crippen LogP contribution in [0, 0.1) is 0 Å². The van der Waals surface area contributed by atoms with E-state index in [0.29, 0.717) is 0 Å². The summed E-state index contributed by atoms with van der Waals surface area (Å²) in [4.78, 5) is 0. The molecular weight excluding hydrogens is 230 g/mol. The van der Waals surface area contributed by atoms with Crippen LogP contribution in [0.2, 0.25) is 0 Å². The summed E-state index contributed by atoms with van der Waals surface area (Å²) in [5, 5.41) is 0. The third-order valence-corrected chi connectivity index (χ3v) is 3.54. The number of aryl methyl sites for hydroxylation is 2. The predicted molar refractivity (Wildman–Crippen MR) is 82.3 cm³/mol. The summed E-state index contributed by atoms with van der Waals surface area (Å²) in [5.41, 5.74) is 9.84. The van der Waals surface area contributed by atoms with Crippen LogP contribution in [0.1, 0.15) is 29.5 Å². The van der Waals surface area contributed by atoms with Crippen molar-refractivity contribution in [2.45, 2.75) is 32.1 Å². The van der Waals surface area contributed by atoms with Crippen molar-refractivity contribution in [2.75, 3.05) is 6.54 Å². The molecule has 0 amide bonds. The number of fused-ring (bicyclic) bond motifs is 1. The molecule has 19 heavy (non-hydrogen) atoms. The van der Waals surface area contributed by atoms with Crippen LogP contribution in [0.15, 0.2) is 54.6 Å². The minimum absolute atomic E-state index is 0.740. The lowest BCUT2D eigenvalue weighted by Gasteiger charge is -2.13. The van der Waals surface area contributed by atoms with Crippen molar-refractivity contribution in [3.8, 4) is 0 Å². The monoisotopic (exact) mass is 253 g/mol. The lowest BCUT2D eigenvalue weighted by molar-refractivity contribution is 0.685. The van der Waals surface area contributed by atoms with Crippen LogP contribution in [0.5, 0.6) is 0 Å². The number of hydrogen-bond donors (Lipinski definition) is 1. The Hall–Kier alpha value is -1.60. The molecule has 0 aromatic heterocycles. The van der Waals surface area contributed by atoms with Crippen molar-refractivity contribution in [1.82, 2.24) is 0 Å². The van der Waals surface area contributed by atoms with Crippen LogP contribution < -0.4 is 5.73 Å². The van der Waals surface area contributed by atoms with Gasteiger partial charge in [-0.15, -0.1) is 0 Å². The van der Waals surface area contributed by atoms with Crippen LogP contribution in [0.4, 0.5) is 0 Å². The van der Waals surface area contributed by atoms with Crippen LogP contribution in [0.25, 0.3) is 0 Å². The summed E-state index contributed by atoms with van der Waals surface area (Å²) < 4.78 is 0. The van der Waals surface area contributed by atoms with Crippen LogP contribution in [-0.4, -0.2) is 6.54 Å². The highest BCUT2D eigenvalue weighted by Crippen LogP contribution is 2.19. The SMILES string of the molecule is NCCc1ccccc1.c1ccc2c(c1)CCCC2. The van der Waals surface area contributed by atoms with Crippen molar-refractivity contribution < 1.29 is 0 Å². The Morgan fingerprint density at radius 2 is 1.26 bits per heavy atom. The summed E-state index contributed by atoms with van der Waals surface area (Å²) in [5.74, 6) is 0. The molecule has 1 aliphatic carbocycles. The first-order chi connectivity index (χ1) is 9.40. The van der Waals surface area contributed by atoms with E-state index < -0.39 is 0 Å². The van der Waals surface area contributed by atoms with Gasteiger partial charge in [-0.3, -0.25) is 0 Å². The maximum absolute atomic E-state index is 5.36. The third-order valence-electron chi connectivity index (χ3n) is 3.54.